The van der Waals surface area contributed by atoms with Gasteiger partial charge in [0.2, 0.25) is 29.5 Å². The molecule has 0 bridgehead atoms. The van der Waals surface area contributed by atoms with Crippen LogP contribution in [0, 0.1) is 11.7 Å². The van der Waals surface area contributed by atoms with E-state index in [2.05, 4.69) is 26.2 Å². The first-order valence-electron chi connectivity index (χ1n) is 14.6. The summed E-state index contributed by atoms with van der Waals surface area (Å²) in [6.45, 7) is 6.14. The molecule has 238 valence electrons. The van der Waals surface area contributed by atoms with E-state index >= 15 is 0 Å². The van der Waals surface area contributed by atoms with Crippen LogP contribution in [0.4, 0.5) is 4.39 Å². The van der Waals surface area contributed by atoms with Gasteiger partial charge in [0.25, 0.3) is 0 Å². The number of aliphatic hydroxyl groups excluding tert-OH is 1. The van der Waals surface area contributed by atoms with Gasteiger partial charge in [-0.2, -0.15) is 0 Å². The number of piperazine rings is 1. The molecule has 3 rings (SSSR count). The molecule has 0 aliphatic carbocycles. The monoisotopic (exact) mass is 606 g/mol. The Balaban J connectivity index is 1.87. The fourth-order valence-electron chi connectivity index (χ4n) is 5.06. The van der Waals surface area contributed by atoms with Gasteiger partial charge < -0.3 is 36.0 Å². The molecule has 0 radical (unpaired) electrons. The predicted molar refractivity (Wildman–Crippen MR) is 154 cm³/mol. The van der Waals surface area contributed by atoms with E-state index in [9.17, 15) is 33.5 Å². The second kappa shape index (κ2) is 16.3. The van der Waals surface area contributed by atoms with Crippen LogP contribution in [0.15, 0.2) is 24.3 Å². The van der Waals surface area contributed by atoms with Crippen molar-refractivity contribution in [3.05, 3.63) is 35.6 Å². The van der Waals surface area contributed by atoms with Crippen LogP contribution in [0.1, 0.15) is 44.7 Å². The molecule has 0 aromatic heterocycles. The summed E-state index contributed by atoms with van der Waals surface area (Å²) in [6.07, 6.45) is -0.485. The van der Waals surface area contributed by atoms with Gasteiger partial charge in [-0.1, -0.05) is 26.0 Å². The van der Waals surface area contributed by atoms with E-state index in [4.69, 9.17) is 4.74 Å². The molecule has 0 unspecified atom stereocenters. The van der Waals surface area contributed by atoms with Gasteiger partial charge in [0.1, 0.15) is 23.9 Å². The zero-order valence-corrected chi connectivity index (χ0v) is 24.9. The molecule has 2 aliphatic rings. The molecule has 13 nitrogen and oxygen atoms in total. The van der Waals surface area contributed by atoms with Crippen LogP contribution in [0.2, 0.25) is 0 Å². The van der Waals surface area contributed by atoms with Gasteiger partial charge in [-0.3, -0.25) is 28.9 Å². The molecule has 4 atom stereocenters. The first-order chi connectivity index (χ1) is 20.5. The Kier molecular flexibility index (Phi) is 12.8. The highest BCUT2D eigenvalue weighted by Crippen LogP contribution is 2.19. The Labute approximate surface area is 250 Å². The molecule has 14 heteroatoms. The van der Waals surface area contributed by atoms with E-state index in [0.29, 0.717) is 38.3 Å². The Morgan fingerprint density at radius 2 is 1.65 bits per heavy atom. The number of hydrogen-bond acceptors (Lipinski definition) is 8. The standard InChI is InChI=1S/C29H43FN6O7/c1-18(2)26-28(41)33-23(17-37)27(40)32-22(19-4-6-20(30)7-5-19)16-25(39)31-21(8-9-24(38)34-26)29(42)36-12-10-35(11-13-36)14-15-43-3/h4-7,18,21-23,26,37H,8-17H2,1-3H3,(H,31,39)(H,32,40)(H,33,41)(H,34,38)/t21-,22+,23-,26+/m0/s1. The number of ether oxygens (including phenoxy) is 1. The lowest BCUT2D eigenvalue weighted by molar-refractivity contribution is -0.138. The molecular formula is C29H43FN6O7. The Morgan fingerprint density at radius 3 is 2.26 bits per heavy atom. The van der Waals surface area contributed by atoms with Crippen molar-refractivity contribution < 1.29 is 38.2 Å². The highest BCUT2D eigenvalue weighted by molar-refractivity contribution is 5.93. The molecule has 1 aromatic carbocycles. The number of carbonyl (C=O) groups is 5. The Hall–Kier alpha value is -3.62. The molecule has 43 heavy (non-hydrogen) atoms. The third-order valence-corrected chi connectivity index (χ3v) is 7.65. The zero-order chi connectivity index (χ0) is 31.5. The quantitative estimate of drug-likeness (QED) is 0.265. The third kappa shape index (κ3) is 9.97. The van der Waals surface area contributed by atoms with Gasteiger partial charge in [0, 0.05) is 46.3 Å². The first-order valence-corrected chi connectivity index (χ1v) is 14.6. The van der Waals surface area contributed by atoms with E-state index in [-0.39, 0.29) is 31.1 Å². The van der Waals surface area contributed by atoms with Gasteiger partial charge in [-0.05, 0) is 30.0 Å². The molecule has 5 N–H and O–H groups in total. The summed E-state index contributed by atoms with van der Waals surface area (Å²) in [5.41, 5.74) is 0.407. The smallest absolute Gasteiger partial charge is 0.245 e. The van der Waals surface area contributed by atoms with E-state index in [1.165, 1.54) is 24.3 Å². The van der Waals surface area contributed by atoms with E-state index in [1.807, 2.05) is 0 Å². The average Bonchev–Trinajstić information content (AvgIpc) is 2.99. The SMILES string of the molecule is COCCN1CCN(C(=O)[C@@H]2CCC(=O)N[C@H](C(C)C)C(=O)N[C@@H](CO)C(=O)N[C@@H](c3ccc(F)cc3)CC(=O)N2)CC1. The highest BCUT2D eigenvalue weighted by atomic mass is 19.1. The fraction of sp³-hybridized carbons (Fsp3) is 0.621. The van der Waals surface area contributed by atoms with Crippen molar-refractivity contribution in [2.24, 2.45) is 5.92 Å². The number of amides is 5. The Bertz CT molecular complexity index is 1130. The molecule has 2 saturated heterocycles. The van der Waals surface area contributed by atoms with E-state index in [1.54, 1.807) is 25.9 Å². The minimum atomic E-state index is -1.38. The average molecular weight is 607 g/mol. The number of nitrogens with one attached hydrogen (secondary N) is 4. The molecule has 0 spiro atoms. The van der Waals surface area contributed by atoms with Crippen LogP contribution < -0.4 is 21.3 Å². The van der Waals surface area contributed by atoms with Crippen LogP contribution >= 0.6 is 0 Å². The minimum absolute atomic E-state index is 0.0143. The third-order valence-electron chi connectivity index (χ3n) is 7.65. The summed E-state index contributed by atoms with van der Waals surface area (Å²) >= 11 is 0. The lowest BCUT2D eigenvalue weighted by Gasteiger charge is -2.36. The van der Waals surface area contributed by atoms with Gasteiger partial charge in [-0.15, -0.1) is 0 Å². The van der Waals surface area contributed by atoms with Crippen molar-refractivity contribution >= 4 is 29.5 Å². The van der Waals surface area contributed by atoms with Crippen molar-refractivity contribution in [2.75, 3.05) is 53.0 Å². The van der Waals surface area contributed by atoms with Crippen LogP contribution in [-0.4, -0.2) is 116 Å². The van der Waals surface area contributed by atoms with E-state index < -0.39 is 60.2 Å². The van der Waals surface area contributed by atoms with Crippen LogP contribution in [0.3, 0.4) is 0 Å². The summed E-state index contributed by atoms with van der Waals surface area (Å²) < 4.78 is 18.8. The zero-order valence-electron chi connectivity index (χ0n) is 24.9. The van der Waals surface area contributed by atoms with Crippen molar-refractivity contribution in [1.29, 1.82) is 0 Å². The molecule has 2 fully saturated rings. The van der Waals surface area contributed by atoms with Crippen LogP contribution in [0.5, 0.6) is 0 Å². The largest absolute Gasteiger partial charge is 0.394 e. The number of aliphatic hydroxyl groups is 1. The van der Waals surface area contributed by atoms with Gasteiger partial charge in [0.15, 0.2) is 0 Å². The maximum atomic E-state index is 13.7. The number of halogens is 1. The summed E-state index contributed by atoms with van der Waals surface area (Å²) in [5, 5.41) is 20.4. The summed E-state index contributed by atoms with van der Waals surface area (Å²) in [4.78, 5) is 69.9. The minimum Gasteiger partial charge on any atom is -0.394 e. The maximum absolute atomic E-state index is 13.7. The van der Waals surface area contributed by atoms with Crippen LogP contribution in [0.25, 0.3) is 0 Å². The number of nitrogens with zero attached hydrogens (tertiary/aromatic N) is 2. The van der Waals surface area contributed by atoms with Gasteiger partial charge in [0.05, 0.1) is 25.7 Å². The topological polar surface area (TPSA) is 169 Å². The second-order valence-corrected chi connectivity index (χ2v) is 11.2. The molecular weight excluding hydrogens is 563 g/mol. The van der Waals surface area contributed by atoms with Gasteiger partial charge in [-0.25, -0.2) is 4.39 Å². The molecule has 1 aromatic rings. The van der Waals surface area contributed by atoms with E-state index in [0.717, 1.165) is 6.54 Å². The number of benzene rings is 1. The fourth-order valence-corrected chi connectivity index (χ4v) is 5.06. The lowest BCUT2D eigenvalue weighted by Crippen LogP contribution is -2.56. The molecule has 2 aliphatic heterocycles. The first kappa shape index (κ1) is 33.9. The van der Waals surface area contributed by atoms with Gasteiger partial charge >= 0.3 is 0 Å². The Morgan fingerprint density at radius 1 is 0.977 bits per heavy atom. The normalized spacial score (nSPS) is 25.2. The lowest BCUT2D eigenvalue weighted by atomic mass is 10.0. The summed E-state index contributed by atoms with van der Waals surface area (Å²) in [7, 11) is 1.63. The van der Waals surface area contributed by atoms with Crippen molar-refractivity contribution in [3.8, 4) is 0 Å². The van der Waals surface area contributed by atoms with Crippen molar-refractivity contribution in [1.82, 2.24) is 31.1 Å². The molecule has 0 saturated carbocycles. The summed E-state index contributed by atoms with van der Waals surface area (Å²) in [5.74, 6) is -3.74. The molecule has 5 amide bonds. The van der Waals surface area contributed by atoms with Crippen molar-refractivity contribution in [3.63, 3.8) is 0 Å². The summed E-state index contributed by atoms with van der Waals surface area (Å²) in [6, 6.07) is 0.802. The number of methoxy groups -OCH3 is 1. The van der Waals surface area contributed by atoms with Crippen molar-refractivity contribution in [2.45, 2.75) is 57.3 Å². The molecule has 2 heterocycles. The second-order valence-electron chi connectivity index (χ2n) is 11.2. The number of hydrogen-bond donors (Lipinski definition) is 5. The number of rotatable bonds is 7. The maximum Gasteiger partial charge on any atom is 0.245 e. The predicted octanol–water partition coefficient (Wildman–Crippen LogP) is -0.940. The van der Waals surface area contributed by atoms with Crippen LogP contribution in [-0.2, 0) is 28.7 Å². The number of carbonyl (C=O) groups excluding carboxylic acids is 5. The highest BCUT2D eigenvalue weighted by Gasteiger charge is 2.33.